The van der Waals surface area contributed by atoms with Crippen LogP contribution in [0.4, 0.5) is 18.9 Å². The summed E-state index contributed by atoms with van der Waals surface area (Å²) >= 11 is 0. The summed E-state index contributed by atoms with van der Waals surface area (Å²) < 4.78 is 38.9. The third kappa shape index (κ3) is 4.62. The normalized spacial score (nSPS) is 27.6. The number of hydrogen-bond acceptors (Lipinski definition) is 4. The van der Waals surface area contributed by atoms with Crippen molar-refractivity contribution in [2.75, 3.05) is 44.2 Å². The van der Waals surface area contributed by atoms with Gasteiger partial charge in [-0.3, -0.25) is 14.5 Å². The number of carbonyl (C=O) groups is 2. The molecule has 0 saturated carbocycles. The minimum atomic E-state index is -4.44. The second-order valence-corrected chi connectivity index (χ2v) is 9.98. The summed E-state index contributed by atoms with van der Waals surface area (Å²) in [4.78, 5) is 33.2. The van der Waals surface area contributed by atoms with Crippen LogP contribution in [0.15, 0.2) is 54.6 Å². The average molecular weight is 501 g/mol. The first-order valence-corrected chi connectivity index (χ1v) is 12.5. The highest BCUT2D eigenvalue weighted by Gasteiger charge is 2.51. The zero-order chi connectivity index (χ0) is 25.4. The number of hydrogen-bond donors (Lipinski definition) is 1. The highest BCUT2D eigenvalue weighted by Crippen LogP contribution is 2.40. The molecule has 3 saturated heterocycles. The van der Waals surface area contributed by atoms with E-state index >= 15 is 0 Å². The van der Waals surface area contributed by atoms with E-state index < -0.39 is 11.7 Å². The van der Waals surface area contributed by atoms with Crippen molar-refractivity contribution < 1.29 is 22.8 Å². The Labute approximate surface area is 209 Å². The van der Waals surface area contributed by atoms with Crippen molar-refractivity contribution in [2.45, 2.75) is 31.6 Å². The second-order valence-electron chi connectivity index (χ2n) is 9.98. The Balaban J connectivity index is 1.42. The average Bonchev–Trinajstić information content (AvgIpc) is 2.89. The van der Waals surface area contributed by atoms with Gasteiger partial charge in [-0.05, 0) is 48.7 Å². The van der Waals surface area contributed by atoms with E-state index in [0.29, 0.717) is 19.5 Å². The smallest absolute Gasteiger partial charge is 0.338 e. The van der Waals surface area contributed by atoms with Gasteiger partial charge in [-0.15, -0.1) is 0 Å². The van der Waals surface area contributed by atoms with Crippen molar-refractivity contribution in [1.29, 1.82) is 0 Å². The number of fused-ring (bicyclic) bond motifs is 1. The van der Waals surface area contributed by atoms with Gasteiger partial charge in [0.25, 0.3) is 5.91 Å². The van der Waals surface area contributed by atoms with Crippen LogP contribution in [-0.4, -0.2) is 73.0 Å². The zero-order valence-electron chi connectivity index (χ0n) is 20.2. The highest BCUT2D eigenvalue weighted by molar-refractivity contribution is 5.99. The van der Waals surface area contributed by atoms with Crippen molar-refractivity contribution in [3.63, 3.8) is 0 Å². The number of amides is 2. The molecular formula is C27H31F3N4O2. The molecule has 0 aromatic heterocycles. The van der Waals surface area contributed by atoms with Gasteiger partial charge in [0.2, 0.25) is 5.91 Å². The van der Waals surface area contributed by atoms with E-state index in [1.54, 1.807) is 4.90 Å². The van der Waals surface area contributed by atoms with Gasteiger partial charge in [-0.2, -0.15) is 13.2 Å². The van der Waals surface area contributed by atoms with Gasteiger partial charge in [-0.1, -0.05) is 25.1 Å². The Morgan fingerprint density at radius 3 is 2.28 bits per heavy atom. The number of para-hydroxylation sites is 1. The van der Waals surface area contributed by atoms with Crippen molar-refractivity contribution in [3.8, 4) is 0 Å². The molecule has 0 aliphatic carbocycles. The molecular weight excluding hydrogens is 469 g/mol. The summed E-state index contributed by atoms with van der Waals surface area (Å²) in [5.41, 5.74) is 0.348. The van der Waals surface area contributed by atoms with Crippen LogP contribution in [0.1, 0.15) is 29.3 Å². The first kappa shape index (κ1) is 24.8. The molecule has 3 fully saturated rings. The lowest BCUT2D eigenvalue weighted by Crippen LogP contribution is -2.68. The number of halogens is 3. The molecule has 3 aliphatic rings. The van der Waals surface area contributed by atoms with Gasteiger partial charge >= 0.3 is 6.18 Å². The fraction of sp³-hybridized carbons (Fsp3) is 0.481. The van der Waals surface area contributed by atoms with Crippen molar-refractivity contribution in [2.24, 2.45) is 11.8 Å². The van der Waals surface area contributed by atoms with Gasteiger partial charge in [0.15, 0.2) is 0 Å². The number of nitrogens with one attached hydrogen (secondary N) is 1. The maximum absolute atomic E-state index is 13.9. The van der Waals surface area contributed by atoms with Gasteiger partial charge in [0, 0.05) is 62.5 Å². The Morgan fingerprint density at radius 1 is 0.972 bits per heavy atom. The maximum atomic E-state index is 13.9. The first-order chi connectivity index (χ1) is 17.3. The van der Waals surface area contributed by atoms with Crippen LogP contribution in [0, 0.1) is 11.8 Å². The molecule has 4 unspecified atom stereocenters. The summed E-state index contributed by atoms with van der Waals surface area (Å²) in [5, 5.41) is 3.35. The summed E-state index contributed by atoms with van der Waals surface area (Å²) in [6.45, 7) is 6.25. The van der Waals surface area contributed by atoms with E-state index in [1.165, 1.54) is 12.1 Å². The molecule has 3 aliphatic heterocycles. The summed E-state index contributed by atoms with van der Waals surface area (Å²) in [5.74, 6) is -0.0747. The van der Waals surface area contributed by atoms with Crippen LogP contribution in [0.5, 0.6) is 0 Å². The van der Waals surface area contributed by atoms with E-state index in [-0.39, 0.29) is 41.3 Å². The van der Waals surface area contributed by atoms with E-state index in [1.807, 2.05) is 35.2 Å². The lowest BCUT2D eigenvalue weighted by molar-refractivity contribution is -0.137. The van der Waals surface area contributed by atoms with Crippen LogP contribution >= 0.6 is 0 Å². The third-order valence-electron chi connectivity index (χ3n) is 7.94. The fourth-order valence-electron chi connectivity index (χ4n) is 6.10. The van der Waals surface area contributed by atoms with E-state index in [9.17, 15) is 22.8 Å². The fourth-order valence-corrected chi connectivity index (χ4v) is 6.10. The number of piperazine rings is 1. The lowest BCUT2D eigenvalue weighted by Gasteiger charge is -2.54. The predicted molar refractivity (Wildman–Crippen MR) is 131 cm³/mol. The minimum absolute atomic E-state index is 0.0313. The van der Waals surface area contributed by atoms with Crippen LogP contribution in [0.2, 0.25) is 0 Å². The highest BCUT2D eigenvalue weighted by atomic mass is 19.4. The molecule has 2 amide bonds. The monoisotopic (exact) mass is 500 g/mol. The molecule has 0 spiro atoms. The van der Waals surface area contributed by atoms with Gasteiger partial charge in [0.1, 0.15) is 0 Å². The van der Waals surface area contributed by atoms with Crippen LogP contribution < -0.4 is 10.2 Å². The SMILES string of the molecule is CC1C2CN(C(=O)c3ccc(C(F)(F)F)cc3)CCC2N(c2ccccc2)C(=O)C1N1CCNCC1. The lowest BCUT2D eigenvalue weighted by atomic mass is 9.73. The Hall–Kier alpha value is -2.91. The first-order valence-electron chi connectivity index (χ1n) is 12.5. The number of carbonyl (C=O) groups excluding carboxylic acids is 2. The predicted octanol–water partition coefficient (Wildman–Crippen LogP) is 3.49. The van der Waals surface area contributed by atoms with Gasteiger partial charge < -0.3 is 15.1 Å². The van der Waals surface area contributed by atoms with E-state index in [2.05, 4.69) is 17.1 Å². The number of nitrogens with zero attached hydrogens (tertiary/aromatic N) is 3. The summed E-state index contributed by atoms with van der Waals surface area (Å²) in [7, 11) is 0. The van der Waals surface area contributed by atoms with Crippen LogP contribution in [0.3, 0.4) is 0 Å². The molecule has 2 aromatic carbocycles. The molecule has 36 heavy (non-hydrogen) atoms. The van der Waals surface area contributed by atoms with Crippen LogP contribution in [-0.2, 0) is 11.0 Å². The molecule has 9 heteroatoms. The molecule has 1 N–H and O–H groups in total. The zero-order valence-corrected chi connectivity index (χ0v) is 20.2. The molecule has 4 atom stereocenters. The molecule has 3 heterocycles. The topological polar surface area (TPSA) is 55.9 Å². The maximum Gasteiger partial charge on any atom is 0.416 e. The molecule has 0 radical (unpaired) electrons. The van der Waals surface area contributed by atoms with E-state index in [4.69, 9.17) is 0 Å². The molecule has 192 valence electrons. The summed E-state index contributed by atoms with van der Waals surface area (Å²) in [6, 6.07) is 13.8. The molecule has 2 aromatic rings. The molecule has 6 nitrogen and oxygen atoms in total. The molecule has 5 rings (SSSR count). The van der Waals surface area contributed by atoms with E-state index in [0.717, 1.165) is 44.0 Å². The number of benzene rings is 2. The molecule has 0 bridgehead atoms. The third-order valence-corrected chi connectivity index (χ3v) is 7.94. The minimum Gasteiger partial charge on any atom is -0.338 e. The largest absolute Gasteiger partial charge is 0.416 e. The van der Waals surface area contributed by atoms with Gasteiger partial charge in [0.05, 0.1) is 11.6 Å². The van der Waals surface area contributed by atoms with Crippen LogP contribution in [0.25, 0.3) is 0 Å². The van der Waals surface area contributed by atoms with Gasteiger partial charge in [-0.25, -0.2) is 0 Å². The number of alkyl halides is 3. The number of anilines is 1. The number of rotatable bonds is 3. The Kier molecular flexibility index (Phi) is 6.78. The van der Waals surface area contributed by atoms with Crippen molar-refractivity contribution in [3.05, 3.63) is 65.7 Å². The standard InChI is InChI=1S/C27H31F3N4O2/c1-18-22-17-33(25(35)19-7-9-20(10-8-19)27(28,29)30)14-11-23(22)34(21-5-3-2-4-6-21)26(36)24(18)32-15-12-31-13-16-32/h2-10,18,22-24,31H,11-17H2,1H3. The van der Waals surface area contributed by atoms with Crippen molar-refractivity contribution in [1.82, 2.24) is 15.1 Å². The quantitative estimate of drug-likeness (QED) is 0.701. The second kappa shape index (κ2) is 9.86. The number of piperidine rings is 2. The summed E-state index contributed by atoms with van der Waals surface area (Å²) in [6.07, 6.45) is -3.82. The Morgan fingerprint density at radius 2 is 1.64 bits per heavy atom. The number of likely N-dealkylation sites (tertiary alicyclic amines) is 1. The Bertz CT molecular complexity index is 1090. The van der Waals surface area contributed by atoms with Crippen molar-refractivity contribution >= 4 is 17.5 Å².